The molecule has 4 heteroatoms. The third-order valence-electron chi connectivity index (χ3n) is 13.5. The van der Waals surface area contributed by atoms with Crippen LogP contribution in [0.1, 0.15) is 38.8 Å². The number of benzene rings is 10. The van der Waals surface area contributed by atoms with Crippen molar-refractivity contribution in [3.63, 3.8) is 0 Å². The first-order valence-electron chi connectivity index (χ1n) is 23.5. The average molecular weight is 877 g/mol. The van der Waals surface area contributed by atoms with Crippen molar-refractivity contribution in [2.75, 3.05) is 26.4 Å². The molecule has 0 aliphatic rings. The van der Waals surface area contributed by atoms with Gasteiger partial charge in [0.15, 0.2) is 0 Å². The van der Waals surface area contributed by atoms with Crippen LogP contribution in [0.4, 0.5) is 0 Å². The second-order valence-corrected chi connectivity index (χ2v) is 18.9. The molecule has 0 aromatic heterocycles. The van der Waals surface area contributed by atoms with E-state index in [0.717, 1.165) is 88.7 Å². The summed E-state index contributed by atoms with van der Waals surface area (Å²) in [6.07, 6.45) is 0. The molecule has 2 N–H and O–H groups in total. The molecule has 4 nitrogen and oxygen atoms in total. The summed E-state index contributed by atoms with van der Waals surface area (Å²) in [5.41, 5.74) is 9.87. The van der Waals surface area contributed by atoms with Gasteiger partial charge in [0.2, 0.25) is 0 Å². The van der Waals surface area contributed by atoms with Crippen LogP contribution in [-0.2, 0) is 5.41 Å². The van der Waals surface area contributed by atoms with E-state index in [2.05, 4.69) is 208 Å². The number of hydrogen-bond donors (Lipinski definition) is 2. The largest absolute Gasteiger partial charge is 0.492 e. The molecule has 10 aromatic rings. The predicted octanol–water partition coefficient (Wildman–Crippen LogP) is 15.3. The maximum absolute atomic E-state index is 10.2. The summed E-state index contributed by atoms with van der Waals surface area (Å²) in [6.45, 7) is 9.45. The van der Waals surface area contributed by atoms with Gasteiger partial charge in [-0.3, -0.25) is 0 Å². The lowest BCUT2D eigenvalue weighted by Crippen LogP contribution is -2.21. The van der Waals surface area contributed by atoms with Gasteiger partial charge in [-0.2, -0.15) is 0 Å². The van der Waals surface area contributed by atoms with Gasteiger partial charge in [-0.25, -0.2) is 0 Å². The molecule has 0 spiro atoms. The number of aliphatic hydroxyl groups excluding tert-OH is 2. The fourth-order valence-corrected chi connectivity index (χ4v) is 9.30. The van der Waals surface area contributed by atoms with Crippen LogP contribution in [0.3, 0.4) is 0 Å². The molecule has 0 saturated heterocycles. The van der Waals surface area contributed by atoms with Gasteiger partial charge in [-0.15, -0.1) is 0 Å². The van der Waals surface area contributed by atoms with Crippen LogP contribution in [-0.4, -0.2) is 36.6 Å². The molecular formula is C63H56O4. The van der Waals surface area contributed by atoms with Gasteiger partial charge in [0.25, 0.3) is 0 Å². The van der Waals surface area contributed by atoms with Crippen LogP contribution in [0.5, 0.6) is 11.5 Å². The molecule has 0 bridgehead atoms. The summed E-state index contributed by atoms with van der Waals surface area (Å²) < 4.78 is 13.9. The minimum atomic E-state index is -0.567. The number of rotatable bonds is 14. The minimum Gasteiger partial charge on any atom is -0.492 e. The molecule has 10 aromatic carbocycles. The Hall–Kier alpha value is -7.24. The first-order valence-corrected chi connectivity index (χ1v) is 23.5. The van der Waals surface area contributed by atoms with Gasteiger partial charge in [0.05, 0.1) is 13.2 Å². The van der Waals surface area contributed by atoms with Crippen LogP contribution >= 0.6 is 0 Å². The van der Waals surface area contributed by atoms with Crippen molar-refractivity contribution in [1.82, 2.24) is 0 Å². The number of ether oxygens (including phenoxy) is 2. The standard InChI is InChI=1S/C63H56O4/c1-41(37-64)39-66-61-57(51-25-21-43-13-5-9-17-47(43)29-51)33-55(34-58(61)52-26-22-44-14-6-10-18-48(44)30-52)63(3,4)56-35-59(53-27-23-45-15-7-11-19-49(45)31-53)62(67-40-42(2)38-65)60(36-56)54-28-24-46-16-8-12-20-50(46)32-54/h5-36,41-42,64-65H,37-40H2,1-4H3. The SMILES string of the molecule is CC(CO)COc1c(-c2ccc3ccccc3c2)cc(C(C)(C)c2cc(-c3ccc4ccccc4c3)c(OCC(C)CO)c(-c3ccc4ccccc4c3)c2)cc1-c1ccc2ccccc2c1. The molecule has 0 heterocycles. The van der Waals surface area contributed by atoms with E-state index in [0.29, 0.717) is 13.2 Å². The second-order valence-electron chi connectivity index (χ2n) is 18.9. The lowest BCUT2D eigenvalue weighted by atomic mass is 9.74. The molecular weight excluding hydrogens is 821 g/mol. The third kappa shape index (κ3) is 8.79. The number of aliphatic hydroxyl groups is 2. The molecule has 0 amide bonds. The maximum Gasteiger partial charge on any atom is 0.134 e. The Morgan fingerprint density at radius 3 is 0.866 bits per heavy atom. The Balaban J connectivity index is 1.25. The van der Waals surface area contributed by atoms with Crippen LogP contribution < -0.4 is 9.47 Å². The summed E-state index contributed by atoms with van der Waals surface area (Å²) in [7, 11) is 0. The van der Waals surface area contributed by atoms with Crippen LogP contribution in [0.2, 0.25) is 0 Å². The summed E-state index contributed by atoms with van der Waals surface area (Å²) in [6, 6.07) is 69.9. The Morgan fingerprint density at radius 1 is 0.358 bits per heavy atom. The van der Waals surface area contributed by atoms with E-state index >= 15 is 0 Å². The van der Waals surface area contributed by atoms with Gasteiger partial charge < -0.3 is 19.7 Å². The Morgan fingerprint density at radius 2 is 0.612 bits per heavy atom. The summed E-state index contributed by atoms with van der Waals surface area (Å²) in [5.74, 6) is 1.46. The van der Waals surface area contributed by atoms with Crippen molar-refractivity contribution >= 4 is 43.1 Å². The highest BCUT2D eigenvalue weighted by Gasteiger charge is 2.30. The van der Waals surface area contributed by atoms with E-state index in [4.69, 9.17) is 9.47 Å². The molecule has 0 aliphatic carbocycles. The van der Waals surface area contributed by atoms with Crippen molar-refractivity contribution in [1.29, 1.82) is 0 Å². The smallest absolute Gasteiger partial charge is 0.134 e. The highest BCUT2D eigenvalue weighted by molar-refractivity contribution is 5.96. The normalized spacial score (nSPS) is 12.7. The van der Waals surface area contributed by atoms with Crippen LogP contribution in [0.25, 0.3) is 87.6 Å². The fourth-order valence-electron chi connectivity index (χ4n) is 9.30. The molecule has 2 atom stereocenters. The number of hydrogen-bond acceptors (Lipinski definition) is 4. The van der Waals surface area contributed by atoms with Crippen molar-refractivity contribution < 1.29 is 19.7 Å². The number of fused-ring (bicyclic) bond motifs is 4. The Kier molecular flexibility index (Phi) is 12.1. The summed E-state index contributed by atoms with van der Waals surface area (Å²) >= 11 is 0. The monoisotopic (exact) mass is 876 g/mol. The summed E-state index contributed by atoms with van der Waals surface area (Å²) in [4.78, 5) is 0. The molecule has 10 rings (SSSR count). The third-order valence-corrected chi connectivity index (χ3v) is 13.5. The van der Waals surface area contributed by atoms with Gasteiger partial charge in [-0.1, -0.05) is 173 Å². The van der Waals surface area contributed by atoms with Gasteiger partial charge >= 0.3 is 0 Å². The predicted molar refractivity (Wildman–Crippen MR) is 280 cm³/mol. The zero-order valence-electron chi connectivity index (χ0n) is 38.7. The molecule has 0 saturated carbocycles. The quantitative estimate of drug-likeness (QED) is 0.114. The first-order chi connectivity index (χ1) is 32.7. The van der Waals surface area contributed by atoms with E-state index in [9.17, 15) is 10.2 Å². The van der Waals surface area contributed by atoms with Crippen molar-refractivity contribution in [3.05, 3.63) is 205 Å². The zero-order chi connectivity index (χ0) is 46.1. The molecule has 2 unspecified atom stereocenters. The van der Waals surface area contributed by atoms with Crippen molar-refractivity contribution in [3.8, 4) is 56.0 Å². The van der Waals surface area contributed by atoms with E-state index in [1.165, 1.54) is 21.5 Å². The van der Waals surface area contributed by atoms with Gasteiger partial charge in [0, 0.05) is 52.7 Å². The molecule has 0 radical (unpaired) electrons. The Bertz CT molecular complexity index is 2990. The Labute approximate surface area is 393 Å². The topological polar surface area (TPSA) is 58.9 Å². The van der Waals surface area contributed by atoms with Crippen LogP contribution in [0, 0.1) is 11.8 Å². The minimum absolute atomic E-state index is 0.0272. The lowest BCUT2D eigenvalue weighted by Gasteiger charge is -2.31. The average Bonchev–Trinajstić information content (AvgIpc) is 3.38. The molecule has 67 heavy (non-hydrogen) atoms. The molecule has 332 valence electrons. The van der Waals surface area contributed by atoms with Gasteiger partial charge in [-0.05, 0) is 125 Å². The maximum atomic E-state index is 10.2. The van der Waals surface area contributed by atoms with E-state index in [-0.39, 0.29) is 25.0 Å². The van der Waals surface area contributed by atoms with E-state index in [1.54, 1.807) is 0 Å². The van der Waals surface area contributed by atoms with Crippen molar-refractivity contribution in [2.24, 2.45) is 11.8 Å². The van der Waals surface area contributed by atoms with E-state index < -0.39 is 5.41 Å². The fraction of sp³-hybridized carbons (Fsp3) is 0.175. The second kappa shape index (κ2) is 18.6. The zero-order valence-corrected chi connectivity index (χ0v) is 38.7. The van der Waals surface area contributed by atoms with E-state index in [1.807, 2.05) is 13.8 Å². The first kappa shape index (κ1) is 43.6. The van der Waals surface area contributed by atoms with Crippen molar-refractivity contribution in [2.45, 2.75) is 33.1 Å². The lowest BCUT2D eigenvalue weighted by molar-refractivity contribution is 0.175. The summed E-state index contributed by atoms with van der Waals surface area (Å²) in [5, 5.41) is 29.7. The molecule has 0 aliphatic heterocycles. The molecule has 0 fully saturated rings. The highest BCUT2D eigenvalue weighted by Crippen LogP contribution is 2.49. The highest BCUT2D eigenvalue weighted by atomic mass is 16.5. The van der Waals surface area contributed by atoms with Gasteiger partial charge in [0.1, 0.15) is 11.5 Å². The van der Waals surface area contributed by atoms with Crippen LogP contribution in [0.15, 0.2) is 194 Å².